The van der Waals surface area contributed by atoms with Crippen LogP contribution in [-0.4, -0.2) is 41.9 Å². The molecule has 0 spiro atoms. The number of ketones is 1. The van der Waals surface area contributed by atoms with Crippen molar-refractivity contribution in [3.63, 3.8) is 0 Å². The van der Waals surface area contributed by atoms with Crippen molar-refractivity contribution in [2.75, 3.05) is 20.3 Å². The van der Waals surface area contributed by atoms with Gasteiger partial charge in [-0.1, -0.05) is 30.3 Å². The van der Waals surface area contributed by atoms with Crippen LogP contribution in [0.2, 0.25) is 0 Å². The van der Waals surface area contributed by atoms with Crippen LogP contribution in [0.5, 0.6) is 0 Å². The summed E-state index contributed by atoms with van der Waals surface area (Å²) in [7, 11) is 1.28. The van der Waals surface area contributed by atoms with E-state index in [-0.39, 0.29) is 24.9 Å². The molecule has 1 aromatic heterocycles. The molecule has 6 nitrogen and oxygen atoms in total. The molecule has 1 fully saturated rings. The lowest BCUT2D eigenvalue weighted by atomic mass is 10.1. The first-order chi connectivity index (χ1) is 11.1. The Morgan fingerprint density at radius 2 is 2.00 bits per heavy atom. The minimum absolute atomic E-state index is 0.198. The first kappa shape index (κ1) is 15.8. The molecule has 7 heteroatoms. The van der Waals surface area contributed by atoms with Gasteiger partial charge in [0, 0.05) is 7.11 Å². The number of ether oxygens (including phenoxy) is 3. The highest BCUT2D eigenvalue weighted by Gasteiger charge is 2.48. The zero-order valence-corrected chi connectivity index (χ0v) is 12.9. The number of hydrogen-bond acceptors (Lipinski definition) is 5. The van der Waals surface area contributed by atoms with Crippen LogP contribution in [-0.2, 0) is 14.2 Å². The van der Waals surface area contributed by atoms with Crippen molar-refractivity contribution in [1.82, 2.24) is 9.78 Å². The lowest BCUT2D eigenvalue weighted by Gasteiger charge is -2.24. The highest BCUT2D eigenvalue weighted by atomic mass is 19.1. The first-order valence-corrected chi connectivity index (χ1v) is 7.25. The number of Topliss-reactive ketones (excluding diaryl/α,β-unsaturated/α-hetero) is 1. The third-order valence-electron chi connectivity index (χ3n) is 3.83. The maximum Gasteiger partial charge on any atom is 0.353 e. The molecule has 0 amide bonds. The number of rotatable bonds is 5. The Labute approximate surface area is 132 Å². The normalized spacial score (nSPS) is 18.0. The van der Waals surface area contributed by atoms with Crippen LogP contribution in [0, 0.1) is 5.82 Å². The average molecular weight is 320 g/mol. The maximum atomic E-state index is 14.2. The fourth-order valence-electron chi connectivity index (χ4n) is 2.60. The SMILES string of the molecule is COC1(C(=O)c2c(F)cnn2[C@H](C)c2ccccc2)OCCO1. The van der Waals surface area contributed by atoms with Gasteiger partial charge in [0.25, 0.3) is 5.78 Å². The van der Waals surface area contributed by atoms with E-state index < -0.39 is 17.6 Å². The summed E-state index contributed by atoms with van der Waals surface area (Å²) in [4.78, 5) is 12.8. The molecule has 0 radical (unpaired) electrons. The maximum absolute atomic E-state index is 14.2. The molecule has 2 heterocycles. The van der Waals surface area contributed by atoms with Crippen LogP contribution in [0.1, 0.15) is 29.0 Å². The Hall–Kier alpha value is -2.09. The topological polar surface area (TPSA) is 62.6 Å². The number of methoxy groups -OCH3 is 1. The van der Waals surface area contributed by atoms with Crippen molar-refractivity contribution in [3.05, 3.63) is 53.6 Å². The number of nitrogens with zero attached hydrogens (tertiary/aromatic N) is 2. The van der Waals surface area contributed by atoms with Gasteiger partial charge in [-0.15, -0.1) is 0 Å². The van der Waals surface area contributed by atoms with E-state index in [1.165, 1.54) is 11.8 Å². The number of benzene rings is 1. The van der Waals surface area contributed by atoms with E-state index in [0.29, 0.717) is 0 Å². The smallest absolute Gasteiger partial charge is 0.324 e. The van der Waals surface area contributed by atoms with Crippen molar-refractivity contribution in [2.24, 2.45) is 0 Å². The molecule has 1 saturated heterocycles. The number of carbonyl (C=O) groups is 1. The number of carbonyl (C=O) groups excluding carboxylic acids is 1. The summed E-state index contributed by atoms with van der Waals surface area (Å²) in [5.41, 5.74) is 0.662. The summed E-state index contributed by atoms with van der Waals surface area (Å²) in [6, 6.07) is 9.04. The van der Waals surface area contributed by atoms with E-state index in [0.717, 1.165) is 11.8 Å². The molecule has 1 atom stereocenters. The molecule has 1 aliphatic heterocycles. The average Bonchev–Trinajstić information content (AvgIpc) is 3.22. The van der Waals surface area contributed by atoms with E-state index in [9.17, 15) is 9.18 Å². The minimum atomic E-state index is -1.91. The molecule has 0 bridgehead atoms. The Balaban J connectivity index is 2.01. The van der Waals surface area contributed by atoms with Gasteiger partial charge in [0.2, 0.25) is 0 Å². The van der Waals surface area contributed by atoms with Gasteiger partial charge in [0.15, 0.2) is 5.82 Å². The molecule has 0 unspecified atom stereocenters. The van der Waals surface area contributed by atoms with Crippen LogP contribution in [0.3, 0.4) is 0 Å². The zero-order valence-electron chi connectivity index (χ0n) is 12.9. The van der Waals surface area contributed by atoms with E-state index in [1.807, 2.05) is 37.3 Å². The summed E-state index contributed by atoms with van der Waals surface area (Å²) < 4.78 is 31.2. The van der Waals surface area contributed by atoms with Crippen LogP contribution >= 0.6 is 0 Å². The second-order valence-corrected chi connectivity index (χ2v) is 5.16. The molecule has 2 aromatic rings. The third-order valence-corrected chi connectivity index (χ3v) is 3.83. The predicted molar refractivity (Wildman–Crippen MR) is 78.4 cm³/mol. The Morgan fingerprint density at radius 3 is 2.61 bits per heavy atom. The molecular formula is C16H17FN2O4. The van der Waals surface area contributed by atoms with Gasteiger partial charge in [-0.05, 0) is 12.5 Å². The summed E-state index contributed by atoms with van der Waals surface area (Å²) in [6.45, 7) is 2.22. The largest absolute Gasteiger partial charge is 0.353 e. The first-order valence-electron chi connectivity index (χ1n) is 7.25. The summed E-state index contributed by atoms with van der Waals surface area (Å²) >= 11 is 0. The number of aromatic nitrogens is 2. The molecule has 3 rings (SSSR count). The van der Waals surface area contributed by atoms with Gasteiger partial charge in [0.1, 0.15) is 5.69 Å². The van der Waals surface area contributed by atoms with Crippen LogP contribution in [0.4, 0.5) is 4.39 Å². The van der Waals surface area contributed by atoms with Crippen molar-refractivity contribution in [3.8, 4) is 0 Å². The van der Waals surface area contributed by atoms with Gasteiger partial charge in [0.05, 0.1) is 25.5 Å². The highest BCUT2D eigenvalue weighted by molar-refractivity contribution is 5.99. The van der Waals surface area contributed by atoms with Crippen molar-refractivity contribution >= 4 is 5.78 Å². The number of halogens is 1. The Morgan fingerprint density at radius 1 is 1.35 bits per heavy atom. The molecule has 1 aromatic carbocycles. The Kier molecular flexibility index (Phi) is 4.25. The number of hydrogen-bond donors (Lipinski definition) is 0. The van der Waals surface area contributed by atoms with Crippen molar-refractivity contribution in [2.45, 2.75) is 18.9 Å². The van der Waals surface area contributed by atoms with E-state index in [1.54, 1.807) is 0 Å². The molecular weight excluding hydrogens is 303 g/mol. The molecule has 1 aliphatic rings. The second kappa shape index (κ2) is 6.19. The zero-order chi connectivity index (χ0) is 16.4. The standard InChI is InChI=1S/C16H17FN2O4/c1-11(12-6-4-3-5-7-12)19-14(13(17)10-18-19)15(20)16(21-2)22-8-9-23-16/h3-7,10-11H,8-9H2,1-2H3/t11-/m1/s1. The van der Waals surface area contributed by atoms with Crippen LogP contribution < -0.4 is 0 Å². The molecule has 0 aliphatic carbocycles. The summed E-state index contributed by atoms with van der Waals surface area (Å²) in [5, 5.41) is 4.00. The predicted octanol–water partition coefficient (Wildman–Crippen LogP) is 2.16. The summed E-state index contributed by atoms with van der Waals surface area (Å²) in [6.07, 6.45) is 1.00. The van der Waals surface area contributed by atoms with E-state index in [4.69, 9.17) is 14.2 Å². The fraction of sp³-hybridized carbons (Fsp3) is 0.375. The quantitative estimate of drug-likeness (QED) is 0.790. The second-order valence-electron chi connectivity index (χ2n) is 5.16. The minimum Gasteiger partial charge on any atom is -0.324 e. The molecule has 122 valence electrons. The summed E-state index contributed by atoms with van der Waals surface area (Å²) in [5.74, 6) is -3.39. The monoisotopic (exact) mass is 320 g/mol. The lowest BCUT2D eigenvalue weighted by Crippen LogP contribution is -2.43. The molecule has 23 heavy (non-hydrogen) atoms. The molecule has 0 saturated carbocycles. The van der Waals surface area contributed by atoms with Crippen molar-refractivity contribution < 1.29 is 23.4 Å². The Bertz CT molecular complexity index is 695. The van der Waals surface area contributed by atoms with Crippen LogP contribution in [0.25, 0.3) is 0 Å². The lowest BCUT2D eigenvalue weighted by molar-refractivity contribution is -0.278. The van der Waals surface area contributed by atoms with Gasteiger partial charge < -0.3 is 14.2 Å². The van der Waals surface area contributed by atoms with Crippen molar-refractivity contribution in [1.29, 1.82) is 0 Å². The van der Waals surface area contributed by atoms with Gasteiger partial charge >= 0.3 is 5.97 Å². The van der Waals surface area contributed by atoms with Crippen LogP contribution in [0.15, 0.2) is 36.5 Å². The van der Waals surface area contributed by atoms with E-state index >= 15 is 0 Å². The van der Waals surface area contributed by atoms with E-state index in [2.05, 4.69) is 5.10 Å². The fourth-order valence-corrected chi connectivity index (χ4v) is 2.60. The third kappa shape index (κ3) is 2.67. The van der Waals surface area contributed by atoms with Gasteiger partial charge in [-0.2, -0.15) is 5.10 Å². The van der Waals surface area contributed by atoms with Gasteiger partial charge in [-0.25, -0.2) is 4.39 Å². The molecule has 0 N–H and O–H groups in total. The highest BCUT2D eigenvalue weighted by Crippen LogP contribution is 2.28. The van der Waals surface area contributed by atoms with Gasteiger partial charge in [-0.3, -0.25) is 9.48 Å².